The standard InChI is InChI=1S/C12H19NO4/c14-11(15)8-9-13-12(16)17-10-6-4-2-1-3-5-7-10/h1-2,10H,3-9H2,(H,13,16)(H,14,15). The molecule has 0 radical (unpaired) electrons. The number of hydrogen-bond donors (Lipinski definition) is 2. The van der Waals surface area contributed by atoms with Gasteiger partial charge in [0.05, 0.1) is 6.42 Å². The van der Waals surface area contributed by atoms with Crippen LogP contribution in [0.4, 0.5) is 4.79 Å². The highest BCUT2D eigenvalue weighted by molar-refractivity contribution is 5.70. The summed E-state index contributed by atoms with van der Waals surface area (Å²) in [5.74, 6) is -0.929. The molecule has 1 rings (SSSR count). The summed E-state index contributed by atoms with van der Waals surface area (Å²) in [7, 11) is 0. The number of aliphatic carboxylic acids is 1. The van der Waals surface area contributed by atoms with Gasteiger partial charge in [0.15, 0.2) is 0 Å². The predicted molar refractivity (Wildman–Crippen MR) is 62.7 cm³/mol. The van der Waals surface area contributed by atoms with E-state index in [9.17, 15) is 9.59 Å². The van der Waals surface area contributed by atoms with Crippen molar-refractivity contribution >= 4 is 12.1 Å². The Hall–Kier alpha value is -1.52. The Labute approximate surface area is 101 Å². The molecule has 17 heavy (non-hydrogen) atoms. The maximum Gasteiger partial charge on any atom is 0.407 e. The smallest absolute Gasteiger partial charge is 0.407 e. The number of carbonyl (C=O) groups excluding carboxylic acids is 1. The Morgan fingerprint density at radius 3 is 2.82 bits per heavy atom. The third-order valence-electron chi connectivity index (χ3n) is 2.60. The van der Waals surface area contributed by atoms with Gasteiger partial charge in [0.2, 0.25) is 0 Å². The van der Waals surface area contributed by atoms with E-state index in [0.29, 0.717) is 0 Å². The second kappa shape index (κ2) is 7.70. The van der Waals surface area contributed by atoms with Crippen molar-refractivity contribution in [3.05, 3.63) is 12.2 Å². The Balaban J connectivity index is 2.19. The maximum atomic E-state index is 11.3. The zero-order chi connectivity index (χ0) is 12.5. The lowest BCUT2D eigenvalue weighted by Crippen LogP contribution is -2.30. The summed E-state index contributed by atoms with van der Waals surface area (Å²) < 4.78 is 5.23. The number of carboxylic acid groups (broad SMARTS) is 1. The van der Waals surface area contributed by atoms with E-state index in [0.717, 1.165) is 32.1 Å². The Kier molecular flexibility index (Phi) is 6.14. The molecule has 1 atom stereocenters. The van der Waals surface area contributed by atoms with Crippen LogP contribution in [0, 0.1) is 0 Å². The first-order valence-electron chi connectivity index (χ1n) is 6.00. The molecule has 5 nitrogen and oxygen atoms in total. The van der Waals surface area contributed by atoms with Gasteiger partial charge in [-0.05, 0) is 32.1 Å². The molecule has 0 aromatic rings. The van der Waals surface area contributed by atoms with Crippen LogP contribution in [0.5, 0.6) is 0 Å². The van der Waals surface area contributed by atoms with Crippen molar-refractivity contribution in [2.75, 3.05) is 6.54 Å². The van der Waals surface area contributed by atoms with Gasteiger partial charge in [0.1, 0.15) is 6.10 Å². The number of amides is 1. The average molecular weight is 241 g/mol. The van der Waals surface area contributed by atoms with Crippen molar-refractivity contribution in [3.63, 3.8) is 0 Å². The molecule has 0 aromatic carbocycles. The fourth-order valence-electron chi connectivity index (χ4n) is 1.71. The summed E-state index contributed by atoms with van der Waals surface area (Å²) in [6.45, 7) is 0.112. The molecule has 0 saturated carbocycles. The number of carbonyl (C=O) groups is 2. The van der Waals surface area contributed by atoms with Gasteiger partial charge in [0.25, 0.3) is 0 Å². The molecular formula is C12H19NO4. The lowest BCUT2D eigenvalue weighted by atomic mass is 10.0. The summed E-state index contributed by atoms with van der Waals surface area (Å²) in [5.41, 5.74) is 0. The first-order chi connectivity index (χ1) is 8.18. The molecule has 5 heteroatoms. The van der Waals surface area contributed by atoms with Crippen molar-refractivity contribution in [1.82, 2.24) is 5.32 Å². The van der Waals surface area contributed by atoms with Crippen LogP contribution in [0.25, 0.3) is 0 Å². The molecule has 0 bridgehead atoms. The lowest BCUT2D eigenvalue weighted by molar-refractivity contribution is -0.136. The Morgan fingerprint density at radius 1 is 1.29 bits per heavy atom. The van der Waals surface area contributed by atoms with Gasteiger partial charge >= 0.3 is 12.1 Å². The molecule has 0 heterocycles. The van der Waals surface area contributed by atoms with Crippen LogP contribution in [-0.4, -0.2) is 29.8 Å². The number of hydrogen-bond acceptors (Lipinski definition) is 3. The predicted octanol–water partition coefficient (Wildman–Crippen LogP) is 2.08. The highest BCUT2D eigenvalue weighted by atomic mass is 16.6. The minimum Gasteiger partial charge on any atom is -0.481 e. The van der Waals surface area contributed by atoms with Crippen molar-refractivity contribution in [3.8, 4) is 0 Å². The van der Waals surface area contributed by atoms with Gasteiger partial charge < -0.3 is 15.2 Å². The van der Waals surface area contributed by atoms with Crippen LogP contribution < -0.4 is 5.32 Å². The van der Waals surface area contributed by atoms with Gasteiger partial charge in [-0.25, -0.2) is 4.79 Å². The highest BCUT2D eigenvalue weighted by Crippen LogP contribution is 2.15. The molecule has 1 aliphatic rings. The van der Waals surface area contributed by atoms with Crippen LogP contribution >= 0.6 is 0 Å². The second-order valence-electron chi connectivity index (χ2n) is 4.08. The van der Waals surface area contributed by atoms with E-state index in [-0.39, 0.29) is 19.1 Å². The monoisotopic (exact) mass is 241 g/mol. The molecule has 0 aliphatic heterocycles. The number of ether oxygens (including phenoxy) is 1. The molecule has 2 N–H and O–H groups in total. The SMILES string of the molecule is O=C(O)CCNC(=O)OC1CCC=CCCC1. The van der Waals surface area contributed by atoms with E-state index in [4.69, 9.17) is 9.84 Å². The van der Waals surface area contributed by atoms with E-state index in [1.807, 2.05) is 0 Å². The fraction of sp³-hybridized carbons (Fsp3) is 0.667. The summed E-state index contributed by atoms with van der Waals surface area (Å²) >= 11 is 0. The fourth-order valence-corrected chi connectivity index (χ4v) is 1.71. The second-order valence-corrected chi connectivity index (χ2v) is 4.08. The zero-order valence-electron chi connectivity index (χ0n) is 9.85. The number of alkyl carbamates (subject to hydrolysis) is 1. The minimum absolute atomic E-state index is 0.0511. The summed E-state index contributed by atoms with van der Waals surface area (Å²) in [6, 6.07) is 0. The molecule has 1 aliphatic carbocycles. The van der Waals surface area contributed by atoms with Gasteiger partial charge in [-0.15, -0.1) is 0 Å². The zero-order valence-corrected chi connectivity index (χ0v) is 9.85. The van der Waals surface area contributed by atoms with E-state index < -0.39 is 12.1 Å². The van der Waals surface area contributed by atoms with E-state index in [2.05, 4.69) is 17.5 Å². The van der Waals surface area contributed by atoms with Gasteiger partial charge in [-0.2, -0.15) is 0 Å². The first-order valence-corrected chi connectivity index (χ1v) is 6.00. The van der Waals surface area contributed by atoms with Gasteiger partial charge in [-0.1, -0.05) is 12.2 Å². The third kappa shape index (κ3) is 6.60. The quantitative estimate of drug-likeness (QED) is 0.739. The summed E-state index contributed by atoms with van der Waals surface area (Å²) in [6.07, 6.45) is 8.30. The summed E-state index contributed by atoms with van der Waals surface area (Å²) in [4.78, 5) is 21.6. The maximum absolute atomic E-state index is 11.3. The summed E-state index contributed by atoms with van der Waals surface area (Å²) in [5, 5.41) is 10.9. The largest absolute Gasteiger partial charge is 0.481 e. The van der Waals surface area contributed by atoms with E-state index in [1.165, 1.54) is 0 Å². The van der Waals surface area contributed by atoms with Crippen LogP contribution in [0.15, 0.2) is 12.2 Å². The molecule has 96 valence electrons. The molecular weight excluding hydrogens is 222 g/mol. The normalized spacial score (nSPS) is 20.1. The minimum atomic E-state index is -0.929. The van der Waals surface area contributed by atoms with Crippen LogP contribution in [0.2, 0.25) is 0 Å². The number of nitrogens with one attached hydrogen (secondary N) is 1. The van der Waals surface area contributed by atoms with Crippen LogP contribution in [-0.2, 0) is 9.53 Å². The molecule has 1 unspecified atom stereocenters. The average Bonchev–Trinajstić information content (AvgIpc) is 2.21. The van der Waals surface area contributed by atoms with Gasteiger partial charge in [0, 0.05) is 6.54 Å². The van der Waals surface area contributed by atoms with Crippen molar-refractivity contribution in [1.29, 1.82) is 0 Å². The van der Waals surface area contributed by atoms with E-state index >= 15 is 0 Å². The molecule has 0 saturated heterocycles. The van der Waals surface area contributed by atoms with Crippen molar-refractivity contribution < 1.29 is 19.4 Å². The topological polar surface area (TPSA) is 75.6 Å². The number of rotatable bonds is 4. The van der Waals surface area contributed by atoms with Gasteiger partial charge in [-0.3, -0.25) is 4.79 Å². The van der Waals surface area contributed by atoms with Crippen LogP contribution in [0.3, 0.4) is 0 Å². The molecule has 0 spiro atoms. The Bertz CT molecular complexity index is 288. The third-order valence-corrected chi connectivity index (χ3v) is 2.60. The Morgan fingerprint density at radius 2 is 2.06 bits per heavy atom. The first kappa shape index (κ1) is 13.5. The number of allylic oxidation sites excluding steroid dienone is 2. The van der Waals surface area contributed by atoms with Crippen molar-refractivity contribution in [2.45, 2.75) is 44.6 Å². The molecule has 0 aromatic heterocycles. The van der Waals surface area contributed by atoms with Crippen molar-refractivity contribution in [2.24, 2.45) is 0 Å². The highest BCUT2D eigenvalue weighted by Gasteiger charge is 2.14. The molecule has 0 fully saturated rings. The lowest BCUT2D eigenvalue weighted by Gasteiger charge is -2.18. The molecule has 1 amide bonds. The van der Waals surface area contributed by atoms with Crippen LogP contribution in [0.1, 0.15) is 38.5 Å². The number of carboxylic acids is 1. The van der Waals surface area contributed by atoms with E-state index in [1.54, 1.807) is 0 Å².